The van der Waals surface area contributed by atoms with Crippen LogP contribution >= 0.6 is 0 Å². The van der Waals surface area contributed by atoms with E-state index in [-0.39, 0.29) is 35.3 Å². The van der Waals surface area contributed by atoms with Gasteiger partial charge in [0.05, 0.1) is 11.0 Å². The summed E-state index contributed by atoms with van der Waals surface area (Å²) in [6.45, 7) is 1.55. The molecule has 2 atom stereocenters. The van der Waals surface area contributed by atoms with Gasteiger partial charge in [-0.25, -0.2) is 4.98 Å². The fourth-order valence-electron chi connectivity index (χ4n) is 2.39. The van der Waals surface area contributed by atoms with Crippen molar-refractivity contribution in [2.75, 3.05) is 18.2 Å². The fraction of sp³-hybridized carbons (Fsp3) is 0.636. The molecule has 1 saturated carbocycles. The predicted molar refractivity (Wildman–Crippen MR) is 69.9 cm³/mol. The van der Waals surface area contributed by atoms with Gasteiger partial charge in [-0.1, -0.05) is 0 Å². The van der Waals surface area contributed by atoms with E-state index in [9.17, 15) is 10.1 Å². The molecule has 0 radical (unpaired) electrons. The highest BCUT2D eigenvalue weighted by atomic mass is 16.6. The minimum absolute atomic E-state index is 0.0342. The molecule has 0 spiro atoms. The standard InChI is InChI=1S/C11H17N5O3/c1-6-9(16(17)18)10(15-11(12)13-6)14-7-3-4-8(5-7)19-2/h7-8H,3-5H2,1-2H3,(H3,12,13,14,15). The van der Waals surface area contributed by atoms with E-state index in [0.717, 1.165) is 19.3 Å². The van der Waals surface area contributed by atoms with Gasteiger partial charge >= 0.3 is 5.69 Å². The third kappa shape index (κ3) is 2.90. The Labute approximate surface area is 110 Å². The first kappa shape index (κ1) is 13.5. The number of ether oxygens (including phenoxy) is 1. The van der Waals surface area contributed by atoms with E-state index in [4.69, 9.17) is 10.5 Å². The molecule has 1 aromatic heterocycles. The van der Waals surface area contributed by atoms with Gasteiger partial charge < -0.3 is 15.8 Å². The lowest BCUT2D eigenvalue weighted by molar-refractivity contribution is -0.385. The van der Waals surface area contributed by atoms with Crippen molar-refractivity contribution in [2.24, 2.45) is 0 Å². The molecule has 104 valence electrons. The van der Waals surface area contributed by atoms with Crippen molar-refractivity contribution in [2.45, 2.75) is 38.3 Å². The molecule has 8 nitrogen and oxygen atoms in total. The second-order valence-corrected chi connectivity index (χ2v) is 4.63. The van der Waals surface area contributed by atoms with Gasteiger partial charge in [-0.2, -0.15) is 4.98 Å². The summed E-state index contributed by atoms with van der Waals surface area (Å²) in [7, 11) is 1.67. The summed E-state index contributed by atoms with van der Waals surface area (Å²) in [4.78, 5) is 18.3. The molecule has 3 N–H and O–H groups in total. The zero-order valence-corrected chi connectivity index (χ0v) is 10.9. The first-order valence-corrected chi connectivity index (χ1v) is 6.09. The number of anilines is 2. The topological polar surface area (TPSA) is 116 Å². The summed E-state index contributed by atoms with van der Waals surface area (Å²) in [5.74, 6) is 0.226. The minimum Gasteiger partial charge on any atom is -0.381 e. The smallest absolute Gasteiger partial charge is 0.332 e. The van der Waals surface area contributed by atoms with Crippen LogP contribution in [0.15, 0.2) is 0 Å². The maximum absolute atomic E-state index is 11.1. The van der Waals surface area contributed by atoms with Crippen molar-refractivity contribution in [1.82, 2.24) is 9.97 Å². The van der Waals surface area contributed by atoms with Gasteiger partial charge in [-0.3, -0.25) is 10.1 Å². The molecule has 0 aliphatic heterocycles. The molecular formula is C11H17N5O3. The van der Waals surface area contributed by atoms with Crippen molar-refractivity contribution in [3.05, 3.63) is 15.8 Å². The van der Waals surface area contributed by atoms with Gasteiger partial charge in [-0.05, 0) is 26.2 Å². The van der Waals surface area contributed by atoms with E-state index in [1.165, 1.54) is 0 Å². The van der Waals surface area contributed by atoms with Crippen LogP contribution in [0.3, 0.4) is 0 Å². The van der Waals surface area contributed by atoms with Gasteiger partial charge in [0.15, 0.2) is 0 Å². The summed E-state index contributed by atoms with van der Waals surface area (Å²) in [5, 5.41) is 14.2. The van der Waals surface area contributed by atoms with Gasteiger partial charge in [0.1, 0.15) is 5.69 Å². The summed E-state index contributed by atoms with van der Waals surface area (Å²) < 4.78 is 5.27. The van der Waals surface area contributed by atoms with E-state index in [2.05, 4.69) is 15.3 Å². The Morgan fingerprint density at radius 3 is 2.79 bits per heavy atom. The highest BCUT2D eigenvalue weighted by Crippen LogP contribution is 2.30. The third-order valence-corrected chi connectivity index (χ3v) is 3.32. The molecule has 1 heterocycles. The van der Waals surface area contributed by atoms with Gasteiger partial charge in [0.25, 0.3) is 0 Å². The van der Waals surface area contributed by atoms with E-state index in [1.54, 1.807) is 14.0 Å². The molecule has 19 heavy (non-hydrogen) atoms. The van der Waals surface area contributed by atoms with E-state index >= 15 is 0 Å². The Kier molecular flexibility index (Phi) is 3.79. The number of hydrogen-bond acceptors (Lipinski definition) is 7. The number of nitrogen functional groups attached to an aromatic ring is 1. The number of nitrogens with zero attached hydrogens (tertiary/aromatic N) is 3. The molecule has 0 aromatic carbocycles. The lowest BCUT2D eigenvalue weighted by Crippen LogP contribution is -2.20. The zero-order chi connectivity index (χ0) is 14.0. The SMILES string of the molecule is COC1CCC(Nc2nc(N)nc(C)c2[N+](=O)[O-])C1. The molecular weight excluding hydrogens is 250 g/mol. The van der Waals surface area contributed by atoms with Crippen molar-refractivity contribution < 1.29 is 9.66 Å². The Morgan fingerprint density at radius 2 is 2.21 bits per heavy atom. The monoisotopic (exact) mass is 267 g/mol. The largest absolute Gasteiger partial charge is 0.381 e. The second-order valence-electron chi connectivity index (χ2n) is 4.63. The summed E-state index contributed by atoms with van der Waals surface area (Å²) in [5.41, 5.74) is 5.70. The zero-order valence-electron chi connectivity index (χ0n) is 10.9. The number of nitrogens with two attached hydrogens (primary N) is 1. The number of hydrogen-bond donors (Lipinski definition) is 2. The van der Waals surface area contributed by atoms with E-state index in [0.29, 0.717) is 0 Å². The minimum atomic E-state index is -0.486. The Balaban J connectivity index is 2.22. The van der Waals surface area contributed by atoms with Crippen molar-refractivity contribution in [1.29, 1.82) is 0 Å². The van der Waals surface area contributed by atoms with Crippen molar-refractivity contribution >= 4 is 17.5 Å². The molecule has 1 aromatic rings. The summed E-state index contributed by atoms with van der Waals surface area (Å²) >= 11 is 0. The molecule has 2 unspecified atom stereocenters. The normalized spacial score (nSPS) is 22.4. The average molecular weight is 267 g/mol. The average Bonchev–Trinajstić information content (AvgIpc) is 2.75. The molecule has 0 bridgehead atoms. The molecule has 2 rings (SSSR count). The van der Waals surface area contributed by atoms with Crippen LogP contribution < -0.4 is 11.1 Å². The molecule has 1 fully saturated rings. The fourth-order valence-corrected chi connectivity index (χ4v) is 2.39. The van der Waals surface area contributed by atoms with Crippen molar-refractivity contribution in [3.63, 3.8) is 0 Å². The first-order valence-electron chi connectivity index (χ1n) is 6.09. The van der Waals surface area contributed by atoms with Crippen LogP contribution in [0, 0.1) is 17.0 Å². The first-order chi connectivity index (χ1) is 9.01. The number of methoxy groups -OCH3 is 1. The quantitative estimate of drug-likeness (QED) is 0.622. The number of nitrogens with one attached hydrogen (secondary N) is 1. The number of aryl methyl sites for hydroxylation is 1. The van der Waals surface area contributed by atoms with Gasteiger partial charge in [-0.15, -0.1) is 0 Å². The lowest BCUT2D eigenvalue weighted by atomic mass is 10.2. The van der Waals surface area contributed by atoms with Crippen LogP contribution in [-0.4, -0.2) is 34.1 Å². The van der Waals surface area contributed by atoms with E-state index < -0.39 is 4.92 Å². The van der Waals surface area contributed by atoms with Crippen LogP contribution in [-0.2, 0) is 4.74 Å². The Morgan fingerprint density at radius 1 is 1.47 bits per heavy atom. The van der Waals surface area contributed by atoms with Gasteiger partial charge in [0, 0.05) is 13.2 Å². The highest BCUT2D eigenvalue weighted by molar-refractivity contribution is 5.60. The maximum atomic E-state index is 11.1. The third-order valence-electron chi connectivity index (χ3n) is 3.32. The maximum Gasteiger partial charge on any atom is 0.332 e. The highest BCUT2D eigenvalue weighted by Gasteiger charge is 2.28. The van der Waals surface area contributed by atoms with Crippen LogP contribution in [0.2, 0.25) is 0 Å². The lowest BCUT2D eigenvalue weighted by Gasteiger charge is -2.14. The number of nitro groups is 1. The van der Waals surface area contributed by atoms with Crippen molar-refractivity contribution in [3.8, 4) is 0 Å². The van der Waals surface area contributed by atoms with Gasteiger partial charge in [0.2, 0.25) is 11.8 Å². The molecule has 0 saturated heterocycles. The van der Waals surface area contributed by atoms with Crippen LogP contribution in [0.25, 0.3) is 0 Å². The Bertz CT molecular complexity index is 493. The van der Waals surface area contributed by atoms with Crippen LogP contribution in [0.1, 0.15) is 25.0 Å². The molecule has 8 heteroatoms. The molecule has 0 amide bonds. The Hall–Kier alpha value is -1.96. The van der Waals surface area contributed by atoms with E-state index in [1.807, 2.05) is 0 Å². The predicted octanol–water partition coefficient (Wildman–Crippen LogP) is 1.25. The van der Waals surface area contributed by atoms with Crippen LogP contribution in [0.4, 0.5) is 17.5 Å². The molecule has 1 aliphatic carbocycles. The molecule has 1 aliphatic rings. The van der Waals surface area contributed by atoms with Crippen LogP contribution in [0.5, 0.6) is 0 Å². The number of rotatable bonds is 4. The second kappa shape index (κ2) is 5.35. The summed E-state index contributed by atoms with van der Waals surface area (Å²) in [6, 6.07) is 0.109. The summed E-state index contributed by atoms with van der Waals surface area (Å²) in [6.07, 6.45) is 2.81. The number of aromatic nitrogens is 2.